The second-order valence-electron chi connectivity index (χ2n) is 1.85. The van der Waals surface area contributed by atoms with Gasteiger partial charge < -0.3 is 28.7 Å². The molecule has 14 heavy (non-hydrogen) atoms. The van der Waals surface area contributed by atoms with Crippen molar-refractivity contribution >= 4 is 15.2 Å². The molecule has 0 fully saturated rings. The van der Waals surface area contributed by atoms with Crippen molar-refractivity contribution in [2.24, 2.45) is 0 Å². The second-order valence-corrected chi connectivity index (χ2v) is 5.56. The molecule has 0 aliphatic rings. The summed E-state index contributed by atoms with van der Waals surface area (Å²) in [7, 11) is -8.29. The summed E-state index contributed by atoms with van der Waals surface area (Å²) in [6.45, 7) is 2.64. The first-order chi connectivity index (χ1) is 5.12. The van der Waals surface area contributed by atoms with Gasteiger partial charge in [-0.05, 0) is 12.3 Å². The van der Waals surface area contributed by atoms with E-state index in [2.05, 4.69) is 0 Å². The molecule has 0 heterocycles. The van der Waals surface area contributed by atoms with Crippen LogP contribution >= 0.6 is 15.2 Å². The zero-order valence-electron chi connectivity index (χ0n) is 7.76. The Labute approximate surface area is 121 Å². The van der Waals surface area contributed by atoms with Crippen molar-refractivity contribution in [3.8, 4) is 0 Å². The Bertz CT molecular complexity index is 176. The first-order valence-corrected chi connectivity index (χ1v) is 6.60. The van der Waals surface area contributed by atoms with Gasteiger partial charge >= 0.3 is 52.4 Å². The van der Waals surface area contributed by atoms with Crippen LogP contribution in [0.2, 0.25) is 0 Å². The zero-order valence-corrected chi connectivity index (χ0v) is 14.5. The fourth-order valence-corrected chi connectivity index (χ4v) is 0. The normalized spacial score (nSPS) is 10.1. The third-order valence-electron chi connectivity index (χ3n) is 0.775. The number of hydrogen-bond acceptors (Lipinski definition) is 6. The molecule has 0 bridgehead atoms. The fraction of sp³-hybridized carbons (Fsp3) is 1.00. The number of rotatable bonds is 2. The van der Waals surface area contributed by atoms with Crippen molar-refractivity contribution in [3.63, 3.8) is 0 Å². The predicted molar refractivity (Wildman–Crippen MR) is 36.3 cm³/mol. The number of hydrogen-bond donors (Lipinski definition) is 0. The minimum Gasteiger partial charge on any atom is -0.811 e. The van der Waals surface area contributed by atoms with Crippen LogP contribution in [0.25, 0.3) is 0 Å². The first kappa shape index (κ1) is 25.0. The SMILES string of the molecule is CCP(=O)([O-])[O-].CCP(=O)([O-])[O-].[Zr+2].[Zr+2]. The summed E-state index contributed by atoms with van der Waals surface area (Å²) in [6, 6.07) is 0. The summed E-state index contributed by atoms with van der Waals surface area (Å²) in [6.07, 6.45) is -0.569. The topological polar surface area (TPSA) is 126 Å². The van der Waals surface area contributed by atoms with E-state index in [9.17, 15) is 28.7 Å². The Hall–Kier alpha value is 2.07. The van der Waals surface area contributed by atoms with E-state index < -0.39 is 15.2 Å². The van der Waals surface area contributed by atoms with E-state index in [1.807, 2.05) is 0 Å². The maximum absolute atomic E-state index is 9.47. The average molecular weight is 399 g/mol. The maximum atomic E-state index is 9.47. The fourth-order valence-electron chi connectivity index (χ4n) is 0. The molecule has 0 rings (SSSR count). The van der Waals surface area contributed by atoms with Gasteiger partial charge in [0, 0.05) is 0 Å². The van der Waals surface area contributed by atoms with E-state index in [1.54, 1.807) is 0 Å². The maximum Gasteiger partial charge on any atom is 2.00 e. The third kappa shape index (κ3) is 36.9. The summed E-state index contributed by atoms with van der Waals surface area (Å²) in [5.74, 6) is 0. The minimum atomic E-state index is -4.15. The van der Waals surface area contributed by atoms with Crippen molar-refractivity contribution in [2.45, 2.75) is 13.8 Å². The molecular weight excluding hydrogens is 388 g/mol. The molecule has 0 aromatic rings. The van der Waals surface area contributed by atoms with Crippen molar-refractivity contribution in [1.29, 1.82) is 0 Å². The van der Waals surface area contributed by atoms with Gasteiger partial charge in [0.25, 0.3) is 0 Å². The van der Waals surface area contributed by atoms with Gasteiger partial charge in [-0.25, -0.2) is 0 Å². The van der Waals surface area contributed by atoms with Crippen LogP contribution in [0.1, 0.15) is 13.8 Å². The Morgan fingerprint density at radius 2 is 0.857 bits per heavy atom. The minimum absolute atomic E-state index is 0. The van der Waals surface area contributed by atoms with E-state index in [-0.39, 0.29) is 64.7 Å². The Balaban J connectivity index is -0.0000000625. The van der Waals surface area contributed by atoms with Crippen LogP contribution < -0.4 is 19.6 Å². The van der Waals surface area contributed by atoms with E-state index >= 15 is 0 Å². The summed E-state index contributed by atoms with van der Waals surface area (Å²) in [5, 5.41) is 0. The van der Waals surface area contributed by atoms with E-state index in [0.29, 0.717) is 0 Å². The molecule has 0 saturated heterocycles. The molecule has 80 valence electrons. The Morgan fingerprint density at radius 1 is 0.786 bits per heavy atom. The molecule has 0 unspecified atom stereocenters. The molecule has 0 aromatic carbocycles. The van der Waals surface area contributed by atoms with Gasteiger partial charge in [-0.1, -0.05) is 29.0 Å². The quantitative estimate of drug-likeness (QED) is 0.488. The van der Waals surface area contributed by atoms with Gasteiger partial charge in [0.1, 0.15) is 0 Å². The molecular formula is C4H10O6P2Zr2. The first-order valence-electron chi connectivity index (χ1n) is 3.14. The summed E-state index contributed by atoms with van der Waals surface area (Å²) in [4.78, 5) is 37.9. The molecule has 10 heteroatoms. The molecule has 6 nitrogen and oxygen atoms in total. The standard InChI is InChI=1S/2C2H7O3P.2Zr/c2*1-2-6(3,4)5;;/h2*2H2,1H3,(H2,3,4,5);;/q;;2*+2/p-4. The molecule has 0 aliphatic heterocycles. The van der Waals surface area contributed by atoms with E-state index in [4.69, 9.17) is 0 Å². The molecule has 0 N–H and O–H groups in total. The van der Waals surface area contributed by atoms with Crippen LogP contribution in [0.5, 0.6) is 0 Å². The Kier molecular flexibility index (Phi) is 20.7. The third-order valence-corrected chi connectivity index (χ3v) is 2.32. The summed E-state index contributed by atoms with van der Waals surface area (Å²) in [5.41, 5.74) is 0. The van der Waals surface area contributed by atoms with Crippen molar-refractivity contribution < 1.29 is 81.1 Å². The van der Waals surface area contributed by atoms with Gasteiger partial charge in [-0.15, -0.1) is 0 Å². The second kappa shape index (κ2) is 11.5. The van der Waals surface area contributed by atoms with E-state index in [0.717, 1.165) is 0 Å². The molecule has 0 atom stereocenters. The molecule has 0 aromatic heterocycles. The van der Waals surface area contributed by atoms with Crippen LogP contribution in [0.15, 0.2) is 0 Å². The van der Waals surface area contributed by atoms with Gasteiger partial charge in [0.15, 0.2) is 0 Å². The largest absolute Gasteiger partial charge is 2.00 e. The van der Waals surface area contributed by atoms with Gasteiger partial charge in [-0.3, -0.25) is 0 Å². The monoisotopic (exact) mass is 396 g/mol. The van der Waals surface area contributed by atoms with E-state index in [1.165, 1.54) is 13.8 Å². The van der Waals surface area contributed by atoms with Crippen LogP contribution in [-0.2, 0) is 61.5 Å². The predicted octanol–water partition coefficient (Wildman–Crippen LogP) is -2.16. The molecule has 0 aliphatic carbocycles. The van der Waals surface area contributed by atoms with Crippen LogP contribution in [-0.4, -0.2) is 12.3 Å². The van der Waals surface area contributed by atoms with Crippen LogP contribution in [0, 0.1) is 0 Å². The molecule has 0 amide bonds. The van der Waals surface area contributed by atoms with Crippen molar-refractivity contribution in [1.82, 2.24) is 0 Å². The zero-order chi connectivity index (χ0) is 10.4. The Morgan fingerprint density at radius 3 is 0.857 bits per heavy atom. The van der Waals surface area contributed by atoms with Gasteiger partial charge in [-0.2, -0.15) is 0 Å². The van der Waals surface area contributed by atoms with Crippen LogP contribution in [0.3, 0.4) is 0 Å². The van der Waals surface area contributed by atoms with Crippen LogP contribution in [0.4, 0.5) is 0 Å². The summed E-state index contributed by atoms with van der Waals surface area (Å²) < 4.78 is 18.9. The van der Waals surface area contributed by atoms with Crippen molar-refractivity contribution in [3.05, 3.63) is 0 Å². The van der Waals surface area contributed by atoms with Crippen molar-refractivity contribution in [2.75, 3.05) is 12.3 Å². The summed E-state index contributed by atoms with van der Waals surface area (Å²) >= 11 is 0. The smallest absolute Gasteiger partial charge is 0.811 e. The van der Waals surface area contributed by atoms with Gasteiger partial charge in [0.05, 0.1) is 0 Å². The molecule has 0 spiro atoms. The van der Waals surface area contributed by atoms with Gasteiger partial charge in [0.2, 0.25) is 0 Å². The average Bonchev–Trinajstić information content (AvgIpc) is 1.86. The molecule has 0 radical (unpaired) electrons. The molecule has 0 saturated carbocycles.